The molecule has 5 heteroatoms. The van der Waals surface area contributed by atoms with Gasteiger partial charge in [0, 0.05) is 17.4 Å². The minimum Gasteiger partial charge on any atom is -0.417 e. The van der Waals surface area contributed by atoms with Crippen LogP contribution < -0.4 is 0 Å². The lowest BCUT2D eigenvalue weighted by Crippen LogP contribution is -1.72. The Morgan fingerprint density at radius 2 is 2.45 bits per heavy atom. The van der Waals surface area contributed by atoms with Gasteiger partial charge in [0.2, 0.25) is 5.71 Å². The highest BCUT2D eigenvalue weighted by atomic mass is 16.4. The lowest BCUT2D eigenvalue weighted by molar-refractivity contribution is 0.611. The van der Waals surface area contributed by atoms with E-state index >= 15 is 0 Å². The molecule has 0 aliphatic carbocycles. The molecule has 0 bridgehead atoms. The summed E-state index contributed by atoms with van der Waals surface area (Å²) in [5.74, 6) is 0.0282. The summed E-state index contributed by atoms with van der Waals surface area (Å²) in [6.07, 6.45) is 2.90. The lowest BCUT2D eigenvalue weighted by Gasteiger charge is -1.80. The maximum Gasteiger partial charge on any atom is 0.263 e. The molecular formula is C6H3N3O2. The van der Waals surface area contributed by atoms with Gasteiger partial charge in [-0.3, -0.25) is 0 Å². The molecule has 0 spiro atoms. The van der Waals surface area contributed by atoms with Crippen LogP contribution in [-0.4, -0.2) is 9.97 Å². The van der Waals surface area contributed by atoms with E-state index in [9.17, 15) is 4.91 Å². The summed E-state index contributed by atoms with van der Waals surface area (Å²) in [5.41, 5.74) is 0.384. The van der Waals surface area contributed by atoms with Crippen LogP contribution in [0.5, 0.6) is 0 Å². The van der Waals surface area contributed by atoms with Gasteiger partial charge in [-0.15, -0.1) is 4.91 Å². The fourth-order valence-electron chi connectivity index (χ4n) is 0.820. The molecule has 0 radical (unpaired) electrons. The van der Waals surface area contributed by atoms with Gasteiger partial charge in [0.15, 0.2) is 0 Å². The third-order valence-corrected chi connectivity index (χ3v) is 1.27. The fourth-order valence-corrected chi connectivity index (χ4v) is 0.820. The Labute approximate surface area is 61.0 Å². The Morgan fingerprint density at radius 1 is 1.55 bits per heavy atom. The topological polar surface area (TPSA) is 68.3 Å². The molecule has 54 valence electrons. The quantitative estimate of drug-likeness (QED) is 0.577. The molecule has 0 unspecified atom stereocenters. The number of furan rings is 1. The molecule has 5 nitrogen and oxygen atoms in total. The van der Waals surface area contributed by atoms with E-state index in [1.807, 2.05) is 0 Å². The summed E-state index contributed by atoms with van der Waals surface area (Å²) in [5, 5.41) is 3.31. The largest absolute Gasteiger partial charge is 0.417 e. The summed E-state index contributed by atoms with van der Waals surface area (Å²) >= 11 is 0. The van der Waals surface area contributed by atoms with Crippen LogP contribution in [0.2, 0.25) is 0 Å². The Hall–Kier alpha value is -1.78. The standard InChI is InChI=1S/C6H3N3O2/c10-9-5-1-4-2-7-3-8-6(4)11-5/h1-3H. The number of nitrogens with zero attached hydrogens (tertiary/aromatic N) is 3. The molecule has 0 aliphatic rings. The van der Waals surface area contributed by atoms with Gasteiger partial charge in [-0.1, -0.05) is 0 Å². The van der Waals surface area contributed by atoms with Crippen LogP contribution in [0.1, 0.15) is 0 Å². The van der Waals surface area contributed by atoms with Crippen LogP contribution in [0.25, 0.3) is 11.1 Å². The molecule has 0 fully saturated rings. The second kappa shape index (κ2) is 2.12. The maximum atomic E-state index is 9.98. The minimum absolute atomic E-state index is 0.0282. The summed E-state index contributed by atoms with van der Waals surface area (Å²) in [7, 11) is 0. The van der Waals surface area contributed by atoms with Gasteiger partial charge in [-0.2, -0.15) is 0 Å². The van der Waals surface area contributed by atoms with Crippen LogP contribution in [0, 0.1) is 4.91 Å². The van der Waals surface area contributed by atoms with E-state index in [0.717, 1.165) is 0 Å². The van der Waals surface area contributed by atoms with E-state index < -0.39 is 0 Å². The monoisotopic (exact) mass is 149 g/mol. The van der Waals surface area contributed by atoms with E-state index in [4.69, 9.17) is 4.42 Å². The SMILES string of the molecule is O=Nc1cc2cncnc2o1. The fraction of sp³-hybridized carbons (Fsp3) is 0. The van der Waals surface area contributed by atoms with E-state index in [2.05, 4.69) is 15.1 Å². The number of hydrogen-bond acceptors (Lipinski definition) is 5. The smallest absolute Gasteiger partial charge is 0.263 e. The van der Waals surface area contributed by atoms with Crippen molar-refractivity contribution in [1.82, 2.24) is 9.97 Å². The van der Waals surface area contributed by atoms with Gasteiger partial charge in [0.25, 0.3) is 5.88 Å². The van der Waals surface area contributed by atoms with Crippen molar-refractivity contribution in [2.24, 2.45) is 5.18 Å². The van der Waals surface area contributed by atoms with Crippen molar-refractivity contribution in [1.29, 1.82) is 0 Å². The van der Waals surface area contributed by atoms with Crippen LogP contribution in [0.4, 0.5) is 5.88 Å². The predicted octanol–water partition coefficient (Wildman–Crippen LogP) is 1.62. The Kier molecular flexibility index (Phi) is 1.15. The van der Waals surface area contributed by atoms with Gasteiger partial charge in [-0.05, 0) is 0 Å². The van der Waals surface area contributed by atoms with Crippen molar-refractivity contribution in [3.63, 3.8) is 0 Å². The summed E-state index contributed by atoms with van der Waals surface area (Å²) < 4.78 is 4.89. The predicted molar refractivity (Wildman–Crippen MR) is 37.3 cm³/mol. The highest BCUT2D eigenvalue weighted by molar-refractivity contribution is 5.75. The average molecular weight is 149 g/mol. The highest BCUT2D eigenvalue weighted by Gasteiger charge is 2.02. The second-order valence-corrected chi connectivity index (χ2v) is 1.96. The number of hydrogen-bond donors (Lipinski definition) is 0. The third kappa shape index (κ3) is 0.861. The normalized spacial score (nSPS) is 10.2. The molecule has 2 aromatic rings. The van der Waals surface area contributed by atoms with E-state index in [0.29, 0.717) is 11.1 Å². The van der Waals surface area contributed by atoms with Crippen LogP contribution in [0.3, 0.4) is 0 Å². The molecule has 2 heterocycles. The third-order valence-electron chi connectivity index (χ3n) is 1.27. The van der Waals surface area contributed by atoms with Crippen molar-refractivity contribution in [3.05, 3.63) is 23.5 Å². The molecule has 0 saturated carbocycles. The lowest BCUT2D eigenvalue weighted by atomic mass is 10.4. The number of fused-ring (bicyclic) bond motifs is 1. The molecule has 0 N–H and O–H groups in total. The number of nitroso groups, excluding NO2 is 1. The van der Waals surface area contributed by atoms with E-state index in [1.54, 1.807) is 6.20 Å². The maximum absolute atomic E-state index is 9.98. The molecule has 0 aliphatic heterocycles. The first-order valence-electron chi connectivity index (χ1n) is 2.93. The van der Waals surface area contributed by atoms with Crippen molar-refractivity contribution in [2.45, 2.75) is 0 Å². The van der Waals surface area contributed by atoms with Crippen molar-refractivity contribution in [3.8, 4) is 0 Å². The molecule has 0 atom stereocenters. The zero-order valence-electron chi connectivity index (χ0n) is 5.39. The number of aromatic nitrogens is 2. The first-order valence-corrected chi connectivity index (χ1v) is 2.93. The zero-order valence-corrected chi connectivity index (χ0v) is 5.39. The van der Waals surface area contributed by atoms with Gasteiger partial charge in [0.1, 0.15) is 6.33 Å². The molecule has 0 saturated heterocycles. The van der Waals surface area contributed by atoms with Crippen molar-refractivity contribution < 1.29 is 4.42 Å². The first kappa shape index (κ1) is 5.96. The first-order chi connectivity index (χ1) is 5.40. The Balaban J connectivity index is 2.78. The molecule has 2 rings (SSSR count). The van der Waals surface area contributed by atoms with Crippen LogP contribution in [-0.2, 0) is 0 Å². The average Bonchev–Trinajstić information content (AvgIpc) is 2.46. The van der Waals surface area contributed by atoms with Gasteiger partial charge < -0.3 is 4.42 Å². The van der Waals surface area contributed by atoms with Gasteiger partial charge >= 0.3 is 0 Å². The van der Waals surface area contributed by atoms with Crippen LogP contribution in [0.15, 0.2) is 28.2 Å². The zero-order chi connectivity index (χ0) is 7.68. The summed E-state index contributed by atoms with van der Waals surface area (Å²) in [4.78, 5) is 17.5. The van der Waals surface area contributed by atoms with Crippen molar-refractivity contribution in [2.75, 3.05) is 0 Å². The van der Waals surface area contributed by atoms with E-state index in [-0.39, 0.29) is 5.88 Å². The highest BCUT2D eigenvalue weighted by Crippen LogP contribution is 2.21. The Bertz CT molecular complexity index is 362. The molecule has 2 aromatic heterocycles. The number of rotatable bonds is 1. The molecule has 0 amide bonds. The summed E-state index contributed by atoms with van der Waals surface area (Å²) in [6.45, 7) is 0. The van der Waals surface area contributed by atoms with Gasteiger partial charge in [-0.25, -0.2) is 9.97 Å². The summed E-state index contributed by atoms with van der Waals surface area (Å²) in [6, 6.07) is 1.49. The molecular weight excluding hydrogens is 146 g/mol. The minimum atomic E-state index is 0.0282. The Morgan fingerprint density at radius 3 is 3.18 bits per heavy atom. The molecule has 11 heavy (non-hydrogen) atoms. The van der Waals surface area contributed by atoms with Crippen LogP contribution >= 0.6 is 0 Å². The van der Waals surface area contributed by atoms with E-state index in [1.165, 1.54) is 12.4 Å². The van der Waals surface area contributed by atoms with Crippen molar-refractivity contribution >= 4 is 17.0 Å². The molecule has 0 aromatic carbocycles. The second-order valence-electron chi connectivity index (χ2n) is 1.96. The van der Waals surface area contributed by atoms with Gasteiger partial charge in [0.05, 0.1) is 5.39 Å².